The minimum absolute atomic E-state index is 0.187. The Labute approximate surface area is 161 Å². The zero-order chi connectivity index (χ0) is 20.0. The summed E-state index contributed by atoms with van der Waals surface area (Å²) in [6, 6.07) is 4.75. The van der Waals surface area contributed by atoms with E-state index in [1.54, 1.807) is 32.2 Å². The van der Waals surface area contributed by atoms with Gasteiger partial charge in [0.05, 0.1) is 34.9 Å². The van der Waals surface area contributed by atoms with Gasteiger partial charge in [0.1, 0.15) is 12.4 Å². The van der Waals surface area contributed by atoms with E-state index in [1.807, 2.05) is 11.6 Å². The van der Waals surface area contributed by atoms with Crippen molar-refractivity contribution in [3.05, 3.63) is 57.4 Å². The monoisotopic (exact) mass is 383 g/mol. The van der Waals surface area contributed by atoms with E-state index in [0.717, 1.165) is 28.6 Å². The molecule has 0 radical (unpaired) electrons. The molecule has 1 amide bonds. The number of rotatable bonds is 5. The fourth-order valence-corrected chi connectivity index (χ4v) is 3.41. The highest BCUT2D eigenvalue weighted by Gasteiger charge is 2.28. The second-order valence-corrected chi connectivity index (χ2v) is 7.43. The summed E-state index contributed by atoms with van der Waals surface area (Å²) in [5, 5.41) is 12.0. The maximum absolute atomic E-state index is 13.4. The van der Waals surface area contributed by atoms with E-state index in [4.69, 9.17) is 0 Å². The van der Waals surface area contributed by atoms with Gasteiger partial charge in [-0.1, -0.05) is 12.1 Å². The topological polar surface area (TPSA) is 81.8 Å². The Hall–Kier alpha value is -3.03. The van der Waals surface area contributed by atoms with Gasteiger partial charge in [0, 0.05) is 0 Å². The van der Waals surface area contributed by atoms with Crippen molar-refractivity contribution in [2.45, 2.75) is 52.2 Å². The number of carbonyl (C=O) groups is 1. The number of benzene rings is 1. The van der Waals surface area contributed by atoms with Gasteiger partial charge in [-0.15, -0.1) is 0 Å². The summed E-state index contributed by atoms with van der Waals surface area (Å²) in [6.07, 6.45) is 3.72. The average Bonchev–Trinajstić information content (AvgIpc) is 3.43. The molecule has 0 aliphatic heterocycles. The first-order chi connectivity index (χ1) is 13.3. The maximum atomic E-state index is 13.4. The quantitative estimate of drug-likeness (QED) is 0.734. The van der Waals surface area contributed by atoms with E-state index in [-0.39, 0.29) is 29.9 Å². The fourth-order valence-electron chi connectivity index (χ4n) is 3.41. The number of halogens is 1. The van der Waals surface area contributed by atoms with Crippen LogP contribution in [0, 0.1) is 19.7 Å². The van der Waals surface area contributed by atoms with Crippen LogP contribution in [0.4, 0.5) is 4.39 Å². The van der Waals surface area contributed by atoms with Gasteiger partial charge in [0.25, 0.3) is 5.56 Å². The van der Waals surface area contributed by atoms with Crippen LogP contribution in [0.25, 0.3) is 10.9 Å². The van der Waals surface area contributed by atoms with E-state index in [9.17, 15) is 14.0 Å². The maximum Gasteiger partial charge on any atom is 0.278 e. The molecular formula is C20H22FN5O2. The van der Waals surface area contributed by atoms with Gasteiger partial charge in [-0.3, -0.25) is 14.3 Å². The molecule has 0 bridgehead atoms. The lowest BCUT2D eigenvalue weighted by Gasteiger charge is -2.15. The third kappa shape index (κ3) is 3.30. The average molecular weight is 383 g/mol. The molecule has 1 N–H and O–H groups in total. The Kier molecular flexibility index (Phi) is 4.49. The van der Waals surface area contributed by atoms with E-state index in [1.165, 1.54) is 6.07 Å². The molecule has 0 saturated heterocycles. The largest absolute Gasteiger partial charge is 0.348 e. The highest BCUT2D eigenvalue weighted by Crippen LogP contribution is 2.36. The molecule has 1 atom stereocenters. The lowest BCUT2D eigenvalue weighted by atomic mass is 10.1. The summed E-state index contributed by atoms with van der Waals surface area (Å²) in [5.41, 5.74) is 2.37. The summed E-state index contributed by atoms with van der Waals surface area (Å²) in [4.78, 5) is 25.2. The predicted molar refractivity (Wildman–Crippen MR) is 102 cm³/mol. The Morgan fingerprint density at radius 2 is 2.11 bits per heavy atom. The first-order valence-electron chi connectivity index (χ1n) is 9.35. The van der Waals surface area contributed by atoms with Crippen molar-refractivity contribution in [1.82, 2.24) is 24.9 Å². The smallest absolute Gasteiger partial charge is 0.278 e. The lowest BCUT2D eigenvalue weighted by molar-refractivity contribution is -0.122. The molecule has 146 valence electrons. The summed E-state index contributed by atoms with van der Waals surface area (Å²) < 4.78 is 16.5. The summed E-state index contributed by atoms with van der Waals surface area (Å²) in [6.45, 7) is 5.10. The number of carbonyl (C=O) groups excluding carboxylic acids is 1. The highest BCUT2D eigenvalue weighted by molar-refractivity contribution is 5.81. The second kappa shape index (κ2) is 6.85. The van der Waals surface area contributed by atoms with Crippen LogP contribution >= 0.6 is 0 Å². The number of hydrogen-bond acceptors (Lipinski definition) is 4. The first-order valence-corrected chi connectivity index (χ1v) is 9.35. The molecule has 3 aromatic rings. The van der Waals surface area contributed by atoms with Crippen LogP contribution in [0.15, 0.2) is 29.2 Å². The van der Waals surface area contributed by atoms with E-state index < -0.39 is 0 Å². The molecule has 8 heteroatoms. The first kappa shape index (κ1) is 18.3. The van der Waals surface area contributed by atoms with Crippen LogP contribution < -0.4 is 10.9 Å². The molecule has 1 aliphatic rings. The Morgan fingerprint density at radius 1 is 1.36 bits per heavy atom. The van der Waals surface area contributed by atoms with Crippen LogP contribution in [0.3, 0.4) is 0 Å². The zero-order valence-corrected chi connectivity index (χ0v) is 16.1. The second-order valence-electron chi connectivity index (χ2n) is 7.43. The molecule has 1 saturated carbocycles. The standard InChI is InChI=1S/C20H22FN5O2/c1-11-8-14(4-7-16(11)21)12(2)23-18(27)10-25-20(28)19-13(3)24-26(15-5-6-15)17(19)9-22-25/h4,7-9,12,15H,5-6,10H2,1-3H3,(H,23,27)/t12-/m0/s1. The van der Waals surface area contributed by atoms with E-state index in [2.05, 4.69) is 15.5 Å². The van der Waals surface area contributed by atoms with Crippen molar-refractivity contribution in [1.29, 1.82) is 0 Å². The zero-order valence-electron chi connectivity index (χ0n) is 16.1. The SMILES string of the molecule is Cc1cc([C@H](C)NC(=O)Cn2ncc3c(c(C)nn3C3CC3)c2=O)ccc1F. The lowest BCUT2D eigenvalue weighted by Crippen LogP contribution is -2.35. The van der Waals surface area contributed by atoms with Gasteiger partial charge in [-0.25, -0.2) is 9.07 Å². The highest BCUT2D eigenvalue weighted by atomic mass is 19.1. The third-order valence-corrected chi connectivity index (χ3v) is 5.14. The number of nitrogens with one attached hydrogen (secondary N) is 1. The van der Waals surface area contributed by atoms with Gasteiger partial charge < -0.3 is 5.32 Å². The minimum Gasteiger partial charge on any atom is -0.348 e. The van der Waals surface area contributed by atoms with Crippen LogP contribution in [-0.2, 0) is 11.3 Å². The molecule has 0 unspecified atom stereocenters. The normalized spacial score (nSPS) is 15.0. The van der Waals surface area contributed by atoms with E-state index >= 15 is 0 Å². The summed E-state index contributed by atoms with van der Waals surface area (Å²) >= 11 is 0. The number of aryl methyl sites for hydroxylation is 2. The minimum atomic E-state index is -0.337. The van der Waals surface area contributed by atoms with Crippen LogP contribution in [0.1, 0.15) is 48.7 Å². The van der Waals surface area contributed by atoms with Crippen molar-refractivity contribution in [3.63, 3.8) is 0 Å². The molecule has 7 nitrogen and oxygen atoms in total. The predicted octanol–water partition coefficient (Wildman–Crippen LogP) is 2.56. The van der Waals surface area contributed by atoms with E-state index in [0.29, 0.717) is 22.7 Å². The number of aromatic nitrogens is 4. The van der Waals surface area contributed by atoms with Gasteiger partial charge in [-0.05, 0) is 50.8 Å². The van der Waals surface area contributed by atoms with Crippen molar-refractivity contribution in [2.24, 2.45) is 0 Å². The number of amides is 1. The summed E-state index contributed by atoms with van der Waals surface area (Å²) in [7, 11) is 0. The third-order valence-electron chi connectivity index (χ3n) is 5.14. The molecule has 28 heavy (non-hydrogen) atoms. The van der Waals surface area contributed by atoms with Crippen LogP contribution in [0.5, 0.6) is 0 Å². The number of hydrogen-bond donors (Lipinski definition) is 1. The number of nitrogens with zero attached hydrogens (tertiary/aromatic N) is 4. The Balaban J connectivity index is 1.53. The Bertz CT molecular complexity index is 1130. The molecule has 2 heterocycles. The molecule has 1 aliphatic carbocycles. The molecule has 1 aromatic carbocycles. The summed E-state index contributed by atoms with van der Waals surface area (Å²) in [5.74, 6) is -0.621. The van der Waals surface area contributed by atoms with Gasteiger partial charge >= 0.3 is 0 Å². The van der Waals surface area contributed by atoms with Crippen LogP contribution in [-0.4, -0.2) is 25.5 Å². The van der Waals surface area contributed by atoms with Gasteiger partial charge in [0.2, 0.25) is 5.91 Å². The molecule has 0 spiro atoms. The van der Waals surface area contributed by atoms with Gasteiger partial charge in [-0.2, -0.15) is 10.2 Å². The van der Waals surface area contributed by atoms with Crippen molar-refractivity contribution in [2.75, 3.05) is 0 Å². The van der Waals surface area contributed by atoms with Gasteiger partial charge in [0.15, 0.2) is 0 Å². The van der Waals surface area contributed by atoms with Crippen molar-refractivity contribution in [3.8, 4) is 0 Å². The molecule has 1 fully saturated rings. The fraction of sp³-hybridized carbons (Fsp3) is 0.400. The van der Waals surface area contributed by atoms with Crippen molar-refractivity contribution >= 4 is 16.8 Å². The number of fused-ring (bicyclic) bond motifs is 1. The molecule has 4 rings (SSSR count). The van der Waals surface area contributed by atoms with Crippen LogP contribution in [0.2, 0.25) is 0 Å². The Morgan fingerprint density at radius 3 is 2.79 bits per heavy atom. The van der Waals surface area contributed by atoms with Crippen molar-refractivity contribution < 1.29 is 9.18 Å². The molecule has 2 aromatic heterocycles. The molecular weight excluding hydrogens is 361 g/mol.